The zero-order valence-corrected chi connectivity index (χ0v) is 20.5. The average molecular weight is 556 g/mol. The van der Waals surface area contributed by atoms with Crippen LogP contribution in [0.5, 0.6) is 6.01 Å². The molecule has 36 heavy (non-hydrogen) atoms. The van der Waals surface area contributed by atoms with E-state index in [0.29, 0.717) is 0 Å². The molecule has 2 unspecified atom stereocenters. The standard InChI is InChI=1S/C17H28N4O13P2/c1-7(22)19-9-4-8(5-10(9)23)16(35(27,28)29)34-36(30,31)32-6-11-13(24)14(25)15(33-11)21-3-2-12(18)20-17(21)26/h2-3,8-11,13-16,23-25H,4-6H2,1H3,(H,19,22)(H,30,31)(H2,18,20,26)(H2,27,28,29)/p-2/t8-,9+,10+,11+,13+,14+,15+,16?/m0/s1. The molecule has 1 aromatic heterocycles. The number of aliphatic imine (C=N–C) groups is 1. The minimum atomic E-state index is -5.22. The molecule has 19 heteroatoms. The third-order valence-corrected chi connectivity index (χ3v) is 8.02. The molecule has 1 saturated heterocycles. The molecule has 2 heterocycles. The van der Waals surface area contributed by atoms with Gasteiger partial charge in [-0.15, -0.1) is 0 Å². The molecule has 1 aromatic rings. The number of aromatic nitrogens is 2. The maximum absolute atomic E-state index is 12.5. The van der Waals surface area contributed by atoms with E-state index in [9.17, 15) is 49.7 Å². The number of hydrogen-bond acceptors (Lipinski definition) is 15. The first kappa shape index (κ1) is 29.0. The molecular formula is C17H26N4O13P2-2. The van der Waals surface area contributed by atoms with Crippen molar-refractivity contribution in [2.45, 2.75) is 62.3 Å². The van der Waals surface area contributed by atoms with Gasteiger partial charge in [-0.1, -0.05) is 0 Å². The van der Waals surface area contributed by atoms with Crippen molar-refractivity contribution in [1.82, 2.24) is 9.55 Å². The lowest BCUT2D eigenvalue weighted by atomic mass is 10.1. The second kappa shape index (κ2) is 11.0. The number of aliphatic hydroxyl groups is 3. The van der Waals surface area contributed by atoms with Crippen molar-refractivity contribution >= 4 is 21.7 Å². The monoisotopic (exact) mass is 556 g/mol. The highest BCUT2D eigenvalue weighted by Gasteiger charge is 2.52. The Morgan fingerprint density at radius 3 is 2.64 bits per heavy atom. The lowest BCUT2D eigenvalue weighted by Gasteiger charge is -2.30. The van der Waals surface area contributed by atoms with Crippen LogP contribution in [0.1, 0.15) is 26.0 Å². The predicted octanol–water partition coefficient (Wildman–Crippen LogP) is -4.46. The summed E-state index contributed by atoms with van der Waals surface area (Å²) in [4.78, 5) is 48.5. The maximum Gasteiger partial charge on any atom is 0.475 e. The van der Waals surface area contributed by atoms with Gasteiger partial charge in [-0.25, -0.2) is 23.9 Å². The molecule has 0 amide bonds. The molecule has 1 aliphatic carbocycles. The summed E-state index contributed by atoms with van der Waals surface area (Å²) in [5.41, 5.74) is -0.349. The lowest BCUT2D eigenvalue weighted by Crippen LogP contribution is -2.34. The van der Waals surface area contributed by atoms with Crippen LogP contribution < -0.4 is 20.6 Å². The molecule has 0 spiro atoms. The van der Waals surface area contributed by atoms with Gasteiger partial charge in [-0.2, -0.15) is 0 Å². The molecule has 1 saturated carbocycles. The zero-order valence-electron chi connectivity index (χ0n) is 18.7. The molecule has 1 aliphatic heterocycles. The van der Waals surface area contributed by atoms with Crippen molar-refractivity contribution in [3.63, 3.8) is 0 Å². The fraction of sp³-hybridized carbons (Fsp3) is 0.706. The van der Waals surface area contributed by atoms with Crippen LogP contribution in [0, 0.1) is 11.3 Å². The van der Waals surface area contributed by atoms with E-state index in [1.54, 1.807) is 0 Å². The van der Waals surface area contributed by atoms with E-state index in [1.165, 1.54) is 0 Å². The van der Waals surface area contributed by atoms with E-state index < -0.39 is 82.7 Å². The van der Waals surface area contributed by atoms with Gasteiger partial charge in [0, 0.05) is 12.1 Å². The fourth-order valence-corrected chi connectivity index (χ4v) is 6.58. The normalized spacial score (nSPS) is 34.0. The van der Waals surface area contributed by atoms with Gasteiger partial charge in [-0.05, 0) is 31.7 Å². The number of ether oxygens (including phenoxy) is 1. The molecule has 0 aromatic carbocycles. The van der Waals surface area contributed by atoms with Crippen molar-refractivity contribution in [3.05, 3.63) is 17.8 Å². The van der Waals surface area contributed by atoms with E-state index in [4.69, 9.17) is 19.2 Å². The molecule has 9 atom stereocenters. The Morgan fingerprint density at radius 2 is 2.06 bits per heavy atom. The highest BCUT2D eigenvalue weighted by atomic mass is 31.2. The van der Waals surface area contributed by atoms with E-state index in [-0.39, 0.29) is 18.3 Å². The summed E-state index contributed by atoms with van der Waals surface area (Å²) in [6.45, 7) is 0.232. The summed E-state index contributed by atoms with van der Waals surface area (Å²) in [6, 6.07) is -0.819. The number of nitrogens with zero attached hydrogens (tertiary/aromatic N) is 3. The number of phosphoric acid groups is 1. The first-order valence-electron chi connectivity index (χ1n) is 10.5. The summed E-state index contributed by atoms with van der Waals surface area (Å²) >= 11 is 0. The number of aliphatic hydroxyl groups excluding tert-OH is 3. The summed E-state index contributed by atoms with van der Waals surface area (Å²) in [7, 11) is -10.4. The molecule has 2 fully saturated rings. The van der Waals surface area contributed by atoms with Crippen molar-refractivity contribution in [1.29, 1.82) is 5.41 Å². The van der Waals surface area contributed by atoms with Crippen LogP contribution in [0.4, 0.5) is 0 Å². The SMILES string of the molecule is CC([O-])=N[C@@H]1C[C@H](C(OP(=O)(O)OC[C@H]2O[C@@H](n3ccc(=N)nc3[O-])[C@H](O)[C@@H]2O)[P+]([O-])(O)O)C[C@H]1O. The number of phosphoric ester groups is 1. The summed E-state index contributed by atoms with van der Waals surface area (Å²) < 4.78 is 28.1. The minimum Gasteiger partial charge on any atom is -0.862 e. The molecule has 0 radical (unpaired) electrons. The van der Waals surface area contributed by atoms with Crippen LogP contribution in [-0.4, -0.2) is 88.4 Å². The minimum absolute atomic E-state index is 0.214. The first-order chi connectivity index (χ1) is 16.6. The predicted molar refractivity (Wildman–Crippen MR) is 111 cm³/mol. The number of hydrogen-bond donors (Lipinski definition) is 7. The van der Waals surface area contributed by atoms with Crippen molar-refractivity contribution in [3.8, 4) is 6.01 Å². The van der Waals surface area contributed by atoms with Gasteiger partial charge in [0.15, 0.2) is 6.23 Å². The lowest BCUT2D eigenvalue weighted by molar-refractivity contribution is -0.292. The molecule has 2 aliphatic rings. The van der Waals surface area contributed by atoms with Crippen LogP contribution in [0.15, 0.2) is 17.3 Å². The highest BCUT2D eigenvalue weighted by molar-refractivity contribution is 7.58. The first-order valence-corrected chi connectivity index (χ1v) is 13.7. The second-order valence-corrected chi connectivity index (χ2v) is 11.5. The van der Waals surface area contributed by atoms with Crippen LogP contribution in [-0.2, 0) is 18.3 Å². The Kier molecular flexibility index (Phi) is 8.88. The van der Waals surface area contributed by atoms with Gasteiger partial charge < -0.3 is 44.6 Å². The number of rotatable bonds is 9. The van der Waals surface area contributed by atoms with Crippen molar-refractivity contribution < 1.29 is 63.5 Å². The summed E-state index contributed by atoms with van der Waals surface area (Å²) in [5, 5.41) is 61.0. The van der Waals surface area contributed by atoms with Crippen LogP contribution in [0.2, 0.25) is 0 Å². The van der Waals surface area contributed by atoms with Crippen LogP contribution in [0.25, 0.3) is 0 Å². The topological polar surface area (TPSA) is 289 Å². The molecule has 3 rings (SSSR count). The van der Waals surface area contributed by atoms with Gasteiger partial charge in [0.05, 0.1) is 24.8 Å². The van der Waals surface area contributed by atoms with Gasteiger partial charge in [-0.3, -0.25) is 14.9 Å². The van der Waals surface area contributed by atoms with Crippen molar-refractivity contribution in [2.75, 3.05) is 6.61 Å². The Morgan fingerprint density at radius 1 is 1.39 bits per heavy atom. The molecule has 7 N–H and O–H groups in total. The fourth-order valence-electron chi connectivity index (χ4n) is 4.10. The average Bonchev–Trinajstić information content (AvgIpc) is 3.23. The van der Waals surface area contributed by atoms with E-state index >= 15 is 0 Å². The summed E-state index contributed by atoms with van der Waals surface area (Å²) in [5.74, 6) is -3.96. The van der Waals surface area contributed by atoms with Gasteiger partial charge in [0.1, 0.15) is 23.8 Å². The van der Waals surface area contributed by atoms with Crippen molar-refractivity contribution in [2.24, 2.45) is 10.9 Å². The maximum atomic E-state index is 12.5. The molecule has 0 bridgehead atoms. The van der Waals surface area contributed by atoms with E-state index in [0.717, 1.165) is 23.8 Å². The van der Waals surface area contributed by atoms with Gasteiger partial charge >= 0.3 is 7.82 Å². The second-order valence-electron chi connectivity index (χ2n) is 8.41. The summed E-state index contributed by atoms with van der Waals surface area (Å²) in [6.07, 6.45) is -7.00. The Labute approximate surface area is 204 Å². The zero-order chi connectivity index (χ0) is 27.0. The number of nitrogens with one attached hydrogen (secondary N) is 1. The van der Waals surface area contributed by atoms with Crippen LogP contribution in [0.3, 0.4) is 0 Å². The molecular weight excluding hydrogens is 530 g/mol. The Hall–Kier alpha value is -1.59. The smallest absolute Gasteiger partial charge is 0.475 e. The molecule has 204 valence electrons. The third kappa shape index (κ3) is 6.83. The Balaban J connectivity index is 1.67. The van der Waals surface area contributed by atoms with Gasteiger partial charge in [0.2, 0.25) is 5.85 Å². The molecule has 17 nitrogen and oxygen atoms in total. The third-order valence-electron chi connectivity index (χ3n) is 5.70. The van der Waals surface area contributed by atoms with E-state index in [2.05, 4.69) is 9.98 Å². The van der Waals surface area contributed by atoms with Gasteiger partial charge in [0.25, 0.3) is 7.94 Å². The van der Waals surface area contributed by atoms with E-state index in [1.807, 2.05) is 0 Å². The van der Waals surface area contributed by atoms with Crippen LogP contribution >= 0.6 is 15.8 Å². The Bertz CT molecular complexity index is 1060. The highest BCUT2D eigenvalue weighted by Crippen LogP contribution is 2.60. The quantitative estimate of drug-likeness (QED) is 0.0858. The largest absolute Gasteiger partial charge is 0.862 e.